The van der Waals surface area contributed by atoms with Gasteiger partial charge in [0, 0.05) is 29.6 Å². The van der Waals surface area contributed by atoms with Crippen molar-refractivity contribution in [3.05, 3.63) is 80.3 Å². The fourth-order valence-electron chi connectivity index (χ4n) is 3.30. The molecule has 0 unspecified atom stereocenters. The predicted octanol–water partition coefficient (Wildman–Crippen LogP) is 4.58. The lowest BCUT2D eigenvalue weighted by Crippen LogP contribution is -2.14. The highest BCUT2D eigenvalue weighted by molar-refractivity contribution is 5.98. The number of hydrogen-bond acceptors (Lipinski definition) is 5. The highest BCUT2D eigenvalue weighted by Gasteiger charge is 2.21. The zero-order valence-corrected chi connectivity index (χ0v) is 17.1. The molecule has 0 fully saturated rings. The largest absolute Gasteiger partial charge is 0.477 e. The number of ketones is 1. The molecule has 0 spiro atoms. The molecule has 29 heavy (non-hydrogen) atoms. The molecular weight excluding hydrogens is 370 g/mol. The maximum absolute atomic E-state index is 12.8. The van der Waals surface area contributed by atoms with Gasteiger partial charge in [-0.3, -0.25) is 4.79 Å². The van der Waals surface area contributed by atoms with Crippen LogP contribution >= 0.6 is 0 Å². The molecule has 2 aromatic heterocycles. The number of nitrogens with zero attached hydrogens (tertiary/aromatic N) is 3. The van der Waals surface area contributed by atoms with Crippen molar-refractivity contribution in [3.8, 4) is 11.4 Å². The van der Waals surface area contributed by atoms with Crippen LogP contribution in [0, 0.1) is 44.7 Å². The van der Waals surface area contributed by atoms with Crippen LogP contribution in [0.1, 0.15) is 38.6 Å². The molecule has 3 rings (SSSR count). The Bertz CT molecular complexity index is 1120. The number of carbonyl (C=O) groups excluding carboxylic acids is 1. The van der Waals surface area contributed by atoms with Crippen molar-refractivity contribution in [2.24, 2.45) is 0 Å². The molecule has 150 valence electrons. The van der Waals surface area contributed by atoms with Gasteiger partial charge in [0.2, 0.25) is 11.5 Å². The first-order valence-electron chi connectivity index (χ1n) is 9.23. The Hall–Kier alpha value is -3.48. The average molecular weight is 393 g/mol. The zero-order chi connectivity index (χ0) is 21.3. The summed E-state index contributed by atoms with van der Waals surface area (Å²) in [6.45, 7) is 9.28. The summed E-state index contributed by atoms with van der Waals surface area (Å²) in [5, 5.41) is 11.2. The minimum absolute atomic E-state index is 0.0167. The summed E-state index contributed by atoms with van der Waals surface area (Å²) in [6.07, 6.45) is 0. The number of carbonyl (C=O) groups is 1. The summed E-state index contributed by atoms with van der Waals surface area (Å²) in [7, 11) is 0. The van der Waals surface area contributed by atoms with Crippen LogP contribution in [0.5, 0.6) is 5.75 Å². The van der Waals surface area contributed by atoms with Crippen LogP contribution in [0.4, 0.5) is 5.82 Å². The number of pyridine rings is 1. The lowest BCUT2D eigenvalue weighted by atomic mass is 10.1. The van der Waals surface area contributed by atoms with E-state index in [1.165, 1.54) is 17.2 Å². The predicted molar refractivity (Wildman–Crippen MR) is 110 cm³/mol. The second-order valence-electron chi connectivity index (χ2n) is 7.13. The Labute approximate surface area is 169 Å². The number of rotatable bonds is 6. The van der Waals surface area contributed by atoms with Crippen molar-refractivity contribution in [1.29, 1.82) is 0 Å². The van der Waals surface area contributed by atoms with Gasteiger partial charge in [0.1, 0.15) is 5.69 Å². The summed E-state index contributed by atoms with van der Waals surface area (Å²) in [6, 6.07) is 11.1. The summed E-state index contributed by atoms with van der Waals surface area (Å²) >= 11 is 0. The molecule has 7 nitrogen and oxygen atoms in total. The van der Waals surface area contributed by atoms with Crippen LogP contribution in [0.15, 0.2) is 36.4 Å². The Morgan fingerprint density at radius 2 is 1.79 bits per heavy atom. The van der Waals surface area contributed by atoms with Gasteiger partial charge >= 0.3 is 5.82 Å². The van der Waals surface area contributed by atoms with Crippen LogP contribution in [-0.2, 0) is 0 Å². The number of aromatic nitrogens is 2. The number of nitro groups is 1. The lowest BCUT2D eigenvalue weighted by molar-refractivity contribution is -0.390. The first-order chi connectivity index (χ1) is 13.7. The van der Waals surface area contributed by atoms with E-state index >= 15 is 0 Å². The van der Waals surface area contributed by atoms with Gasteiger partial charge in [-0.25, -0.2) is 0 Å². The van der Waals surface area contributed by atoms with E-state index in [0.717, 1.165) is 17.1 Å². The second-order valence-corrected chi connectivity index (χ2v) is 7.13. The van der Waals surface area contributed by atoms with Gasteiger partial charge in [-0.15, -0.1) is 0 Å². The quantitative estimate of drug-likeness (QED) is 0.347. The summed E-state index contributed by atoms with van der Waals surface area (Å²) in [5.74, 6) is -0.654. The molecule has 0 atom stereocenters. The first kappa shape index (κ1) is 20.3. The Kier molecular flexibility index (Phi) is 5.50. The van der Waals surface area contributed by atoms with E-state index in [2.05, 4.69) is 31.0 Å². The highest BCUT2D eigenvalue weighted by atomic mass is 16.6. The molecule has 7 heteroatoms. The van der Waals surface area contributed by atoms with Crippen molar-refractivity contribution in [1.82, 2.24) is 9.55 Å². The van der Waals surface area contributed by atoms with Crippen molar-refractivity contribution >= 4 is 11.6 Å². The smallest absolute Gasteiger partial charge is 0.406 e. The second kappa shape index (κ2) is 7.87. The van der Waals surface area contributed by atoms with Crippen LogP contribution in [0.2, 0.25) is 0 Å². The van der Waals surface area contributed by atoms with Crippen LogP contribution in [-0.4, -0.2) is 26.9 Å². The molecule has 1 aromatic carbocycles. The Morgan fingerprint density at radius 1 is 1.07 bits per heavy atom. The molecule has 0 aliphatic rings. The maximum Gasteiger partial charge on any atom is 0.406 e. The molecular formula is C22H23N3O4. The van der Waals surface area contributed by atoms with Crippen molar-refractivity contribution in [3.63, 3.8) is 0 Å². The fourth-order valence-corrected chi connectivity index (χ4v) is 3.30. The monoisotopic (exact) mass is 393 g/mol. The van der Waals surface area contributed by atoms with E-state index in [9.17, 15) is 14.9 Å². The first-order valence-corrected chi connectivity index (χ1v) is 9.23. The zero-order valence-electron chi connectivity index (χ0n) is 17.1. The number of hydrogen-bond donors (Lipinski definition) is 0. The number of benzene rings is 1. The third kappa shape index (κ3) is 4.03. The molecule has 0 aliphatic heterocycles. The summed E-state index contributed by atoms with van der Waals surface area (Å²) < 4.78 is 7.47. The molecule has 0 saturated carbocycles. The molecule has 3 aromatic rings. The standard InChI is InChI=1S/C22H23N3O4/c1-13-6-8-18(10-14(13)2)24-16(4)11-19(17(24)5)20(26)12-29-21-9-7-15(3)23-22(21)25(27)28/h6-11H,12H2,1-5H3. The average Bonchev–Trinajstić information content (AvgIpc) is 2.97. The van der Waals surface area contributed by atoms with Gasteiger partial charge in [-0.2, -0.15) is 0 Å². The van der Waals surface area contributed by atoms with Crippen molar-refractivity contribution < 1.29 is 14.5 Å². The van der Waals surface area contributed by atoms with E-state index in [1.807, 2.05) is 30.5 Å². The lowest BCUT2D eigenvalue weighted by Gasteiger charge is -2.12. The topological polar surface area (TPSA) is 87.3 Å². The van der Waals surface area contributed by atoms with Gasteiger partial charge in [-0.05, 0) is 79.1 Å². The number of ether oxygens (including phenoxy) is 1. The normalized spacial score (nSPS) is 10.8. The third-order valence-corrected chi connectivity index (χ3v) is 4.99. The summed E-state index contributed by atoms with van der Waals surface area (Å²) in [4.78, 5) is 27.2. The van der Waals surface area contributed by atoms with Crippen molar-refractivity contribution in [2.45, 2.75) is 34.6 Å². The van der Waals surface area contributed by atoms with E-state index < -0.39 is 10.7 Å². The molecule has 0 bridgehead atoms. The molecule has 2 heterocycles. The minimum atomic E-state index is -0.613. The van der Waals surface area contributed by atoms with Crippen LogP contribution < -0.4 is 4.74 Å². The van der Waals surface area contributed by atoms with Gasteiger partial charge in [0.05, 0.1) is 0 Å². The van der Waals surface area contributed by atoms with Gasteiger partial charge < -0.3 is 19.4 Å². The van der Waals surface area contributed by atoms with Gasteiger partial charge in [0.25, 0.3) is 0 Å². The fraction of sp³-hybridized carbons (Fsp3) is 0.273. The molecule has 0 saturated heterocycles. The van der Waals surface area contributed by atoms with E-state index in [1.54, 1.807) is 13.0 Å². The van der Waals surface area contributed by atoms with Gasteiger partial charge in [-0.1, -0.05) is 6.07 Å². The van der Waals surface area contributed by atoms with E-state index in [4.69, 9.17) is 4.74 Å². The van der Waals surface area contributed by atoms with E-state index in [-0.39, 0.29) is 18.1 Å². The minimum Gasteiger partial charge on any atom is -0.477 e. The molecule has 0 radical (unpaired) electrons. The van der Waals surface area contributed by atoms with Gasteiger partial charge in [0.15, 0.2) is 6.61 Å². The van der Waals surface area contributed by atoms with Crippen LogP contribution in [0.25, 0.3) is 5.69 Å². The maximum atomic E-state index is 12.8. The highest BCUT2D eigenvalue weighted by Crippen LogP contribution is 2.26. The van der Waals surface area contributed by atoms with E-state index in [0.29, 0.717) is 11.3 Å². The third-order valence-electron chi connectivity index (χ3n) is 4.99. The van der Waals surface area contributed by atoms with Crippen molar-refractivity contribution in [2.75, 3.05) is 6.61 Å². The Morgan fingerprint density at radius 3 is 2.45 bits per heavy atom. The number of Topliss-reactive ketones (excluding diaryl/α,β-unsaturated/α-hetero) is 1. The molecule has 0 aliphatic carbocycles. The number of aryl methyl sites for hydroxylation is 4. The van der Waals surface area contributed by atoms with Crippen LogP contribution in [0.3, 0.4) is 0 Å². The summed E-state index contributed by atoms with van der Waals surface area (Å²) in [5.41, 5.74) is 6.13. The SMILES string of the molecule is Cc1ccc(OCC(=O)c2cc(C)n(-c3ccc(C)c(C)c3)c2C)c([N+](=O)[O-])n1. The molecule has 0 N–H and O–H groups in total. The molecule has 0 amide bonds. The Balaban J connectivity index is 1.86.